The Bertz CT molecular complexity index is 631. The lowest BCUT2D eigenvalue weighted by molar-refractivity contribution is 0.215. The Morgan fingerprint density at radius 3 is 2.48 bits per heavy atom. The molecule has 1 amide bonds. The predicted molar refractivity (Wildman–Crippen MR) is 83.8 cm³/mol. The van der Waals surface area contributed by atoms with Gasteiger partial charge >= 0.3 is 6.09 Å². The molecule has 4 heteroatoms. The summed E-state index contributed by atoms with van der Waals surface area (Å²) in [6, 6.07) is 10.9. The van der Waals surface area contributed by atoms with Crippen LogP contribution in [0.3, 0.4) is 0 Å². The van der Waals surface area contributed by atoms with Crippen molar-refractivity contribution < 1.29 is 9.53 Å². The number of carbonyl (C=O) groups excluding carboxylic acids is 1. The summed E-state index contributed by atoms with van der Waals surface area (Å²) in [5.41, 5.74) is 2.46. The van der Waals surface area contributed by atoms with Crippen molar-refractivity contribution in [2.24, 2.45) is 0 Å². The van der Waals surface area contributed by atoms with Crippen LogP contribution < -0.4 is 10.1 Å². The quantitative estimate of drug-likeness (QED) is 0.894. The van der Waals surface area contributed by atoms with Crippen molar-refractivity contribution in [2.75, 3.05) is 5.32 Å². The molecule has 0 aliphatic rings. The number of anilines is 1. The van der Waals surface area contributed by atoms with Gasteiger partial charge in [0.05, 0.1) is 11.4 Å². The van der Waals surface area contributed by atoms with Gasteiger partial charge in [-0.2, -0.15) is 0 Å². The van der Waals surface area contributed by atoms with E-state index in [0.29, 0.717) is 11.4 Å². The second-order valence-corrected chi connectivity index (χ2v) is 5.93. The number of carbonyl (C=O) groups is 1. The number of aryl methyl sites for hydroxylation is 1. The molecule has 0 atom stereocenters. The molecule has 0 aliphatic heterocycles. The molecule has 0 saturated carbocycles. The van der Waals surface area contributed by atoms with E-state index in [2.05, 4.69) is 31.1 Å². The normalized spacial score (nSPS) is 11.0. The van der Waals surface area contributed by atoms with E-state index in [9.17, 15) is 4.79 Å². The zero-order chi connectivity index (χ0) is 15.5. The standard InChI is InChI=1S/C17H20N2O2/c1-12-15(10-13(11-18-12)17(2,3)4)19-16(20)21-14-8-6-5-7-9-14/h5-11H,1-4H3,(H,19,20). The fourth-order valence-corrected chi connectivity index (χ4v) is 1.80. The summed E-state index contributed by atoms with van der Waals surface area (Å²) in [5, 5.41) is 2.75. The van der Waals surface area contributed by atoms with Crippen LogP contribution in [0.25, 0.3) is 0 Å². The summed E-state index contributed by atoms with van der Waals surface area (Å²) in [7, 11) is 0. The van der Waals surface area contributed by atoms with Crippen LogP contribution in [0.4, 0.5) is 10.5 Å². The molecule has 2 aromatic rings. The summed E-state index contributed by atoms with van der Waals surface area (Å²) in [4.78, 5) is 16.3. The maximum atomic E-state index is 11.9. The second-order valence-electron chi connectivity index (χ2n) is 5.93. The third-order valence-electron chi connectivity index (χ3n) is 3.14. The summed E-state index contributed by atoms with van der Waals surface area (Å²) in [5.74, 6) is 0.507. The van der Waals surface area contributed by atoms with Gasteiger partial charge in [0.25, 0.3) is 0 Å². The average molecular weight is 284 g/mol. The van der Waals surface area contributed by atoms with E-state index in [1.807, 2.05) is 37.4 Å². The Kier molecular flexibility index (Phi) is 4.26. The molecule has 0 unspecified atom stereocenters. The first-order valence-corrected chi connectivity index (χ1v) is 6.87. The molecule has 1 N–H and O–H groups in total. The van der Waals surface area contributed by atoms with Gasteiger partial charge < -0.3 is 4.74 Å². The van der Waals surface area contributed by atoms with Crippen LogP contribution in [0.5, 0.6) is 5.75 Å². The molecular weight excluding hydrogens is 264 g/mol. The minimum atomic E-state index is -0.517. The molecule has 0 aliphatic carbocycles. The first kappa shape index (κ1) is 15.0. The molecule has 0 bridgehead atoms. The molecule has 4 nitrogen and oxygen atoms in total. The summed E-state index contributed by atoms with van der Waals surface area (Å²) in [6.45, 7) is 8.16. The second kappa shape index (κ2) is 5.95. The lowest BCUT2D eigenvalue weighted by atomic mass is 9.88. The molecule has 0 fully saturated rings. The third kappa shape index (κ3) is 4.05. The number of amides is 1. The Balaban J connectivity index is 2.14. The predicted octanol–water partition coefficient (Wildman–Crippen LogP) is 4.30. The van der Waals surface area contributed by atoms with Gasteiger partial charge in [0, 0.05) is 6.20 Å². The highest BCUT2D eigenvalue weighted by Gasteiger charge is 2.16. The van der Waals surface area contributed by atoms with Gasteiger partial charge in [-0.05, 0) is 36.1 Å². The van der Waals surface area contributed by atoms with E-state index in [1.165, 1.54) is 0 Å². The fourth-order valence-electron chi connectivity index (χ4n) is 1.80. The monoisotopic (exact) mass is 284 g/mol. The summed E-state index contributed by atoms with van der Waals surface area (Å²) in [6.07, 6.45) is 1.32. The van der Waals surface area contributed by atoms with Gasteiger partial charge in [0.2, 0.25) is 0 Å². The Morgan fingerprint density at radius 2 is 1.86 bits per heavy atom. The molecule has 1 heterocycles. The van der Waals surface area contributed by atoms with E-state index in [1.54, 1.807) is 12.1 Å². The van der Waals surface area contributed by atoms with Crippen molar-refractivity contribution in [3.63, 3.8) is 0 Å². The number of ether oxygens (including phenoxy) is 1. The van der Waals surface area contributed by atoms with Crippen molar-refractivity contribution in [3.05, 3.63) is 53.9 Å². The summed E-state index contributed by atoms with van der Waals surface area (Å²) < 4.78 is 5.22. The van der Waals surface area contributed by atoms with E-state index in [4.69, 9.17) is 4.74 Å². The van der Waals surface area contributed by atoms with Crippen LogP contribution in [-0.2, 0) is 5.41 Å². The molecule has 1 aromatic heterocycles. The van der Waals surface area contributed by atoms with Crippen molar-refractivity contribution in [3.8, 4) is 5.75 Å². The fraction of sp³-hybridized carbons (Fsp3) is 0.294. The number of benzene rings is 1. The van der Waals surface area contributed by atoms with Crippen LogP contribution in [-0.4, -0.2) is 11.1 Å². The summed E-state index contributed by atoms with van der Waals surface area (Å²) >= 11 is 0. The number of para-hydroxylation sites is 1. The highest BCUT2D eigenvalue weighted by Crippen LogP contribution is 2.25. The topological polar surface area (TPSA) is 51.2 Å². The van der Waals surface area contributed by atoms with Crippen LogP contribution in [0.1, 0.15) is 32.0 Å². The number of rotatable bonds is 2. The van der Waals surface area contributed by atoms with Gasteiger partial charge in [-0.25, -0.2) is 4.79 Å². The molecule has 2 rings (SSSR count). The number of nitrogens with one attached hydrogen (secondary N) is 1. The van der Waals surface area contributed by atoms with Crippen LogP contribution in [0.15, 0.2) is 42.6 Å². The van der Waals surface area contributed by atoms with Crippen LogP contribution in [0.2, 0.25) is 0 Å². The van der Waals surface area contributed by atoms with Crippen LogP contribution >= 0.6 is 0 Å². The lowest BCUT2D eigenvalue weighted by Crippen LogP contribution is -2.19. The third-order valence-corrected chi connectivity index (χ3v) is 3.14. The largest absolute Gasteiger partial charge is 0.417 e. The Morgan fingerprint density at radius 1 is 1.19 bits per heavy atom. The van der Waals surface area contributed by atoms with Gasteiger partial charge in [-0.1, -0.05) is 39.0 Å². The zero-order valence-electron chi connectivity index (χ0n) is 12.8. The van der Waals surface area contributed by atoms with E-state index in [-0.39, 0.29) is 5.41 Å². The highest BCUT2D eigenvalue weighted by atomic mass is 16.6. The van der Waals surface area contributed by atoms with E-state index in [0.717, 1.165) is 11.3 Å². The molecule has 0 spiro atoms. The smallest absolute Gasteiger partial charge is 0.410 e. The minimum Gasteiger partial charge on any atom is -0.410 e. The molecule has 21 heavy (non-hydrogen) atoms. The molecule has 1 aromatic carbocycles. The number of nitrogens with zero attached hydrogens (tertiary/aromatic N) is 1. The van der Waals surface area contributed by atoms with Gasteiger partial charge in [-0.15, -0.1) is 0 Å². The first-order chi connectivity index (χ1) is 9.86. The van der Waals surface area contributed by atoms with Crippen molar-refractivity contribution in [2.45, 2.75) is 33.1 Å². The number of hydrogen-bond acceptors (Lipinski definition) is 3. The first-order valence-electron chi connectivity index (χ1n) is 6.87. The number of hydrogen-bond donors (Lipinski definition) is 1. The highest BCUT2D eigenvalue weighted by molar-refractivity contribution is 5.87. The molecule has 0 radical (unpaired) electrons. The molecular formula is C17H20N2O2. The average Bonchev–Trinajstić information content (AvgIpc) is 2.41. The van der Waals surface area contributed by atoms with Gasteiger partial charge in [0.15, 0.2) is 0 Å². The zero-order valence-corrected chi connectivity index (χ0v) is 12.8. The van der Waals surface area contributed by atoms with Crippen LogP contribution in [0, 0.1) is 6.92 Å². The molecule has 110 valence electrons. The SMILES string of the molecule is Cc1ncc(C(C)(C)C)cc1NC(=O)Oc1ccccc1. The molecule has 0 saturated heterocycles. The van der Waals surface area contributed by atoms with Gasteiger partial charge in [-0.3, -0.25) is 10.3 Å². The van der Waals surface area contributed by atoms with Crippen molar-refractivity contribution >= 4 is 11.8 Å². The maximum absolute atomic E-state index is 11.9. The minimum absolute atomic E-state index is 0.0273. The number of pyridine rings is 1. The van der Waals surface area contributed by atoms with E-state index < -0.39 is 6.09 Å². The van der Waals surface area contributed by atoms with Crippen molar-refractivity contribution in [1.82, 2.24) is 4.98 Å². The Hall–Kier alpha value is -2.36. The van der Waals surface area contributed by atoms with Gasteiger partial charge in [0.1, 0.15) is 5.75 Å². The lowest BCUT2D eigenvalue weighted by Gasteiger charge is -2.20. The van der Waals surface area contributed by atoms with Crippen molar-refractivity contribution in [1.29, 1.82) is 0 Å². The Labute approximate surface area is 125 Å². The number of aromatic nitrogens is 1. The van der Waals surface area contributed by atoms with E-state index >= 15 is 0 Å². The maximum Gasteiger partial charge on any atom is 0.417 e.